The van der Waals surface area contributed by atoms with Gasteiger partial charge in [0.25, 0.3) is 0 Å². The molecule has 3 fully saturated rings. The maximum Gasteiger partial charge on any atom is 0.410 e. The lowest BCUT2D eigenvalue weighted by Crippen LogP contribution is -2.94. The van der Waals surface area contributed by atoms with E-state index in [0.29, 0.717) is 37.1 Å². The van der Waals surface area contributed by atoms with Gasteiger partial charge in [-0.2, -0.15) is 13.1 Å². The van der Waals surface area contributed by atoms with E-state index in [1.165, 1.54) is 23.0 Å². The van der Waals surface area contributed by atoms with Crippen LogP contribution in [0.1, 0.15) is 100 Å². The van der Waals surface area contributed by atoms with Crippen LogP contribution in [0, 0.1) is 5.92 Å². The normalized spacial score (nSPS) is 25.2. The van der Waals surface area contributed by atoms with Gasteiger partial charge in [-0.05, 0) is 75.3 Å². The summed E-state index contributed by atoms with van der Waals surface area (Å²) in [5.74, 6) is -4.14. The Labute approximate surface area is 337 Å². The molecule has 2 aromatic rings. The number of ether oxygens (including phenoxy) is 3. The van der Waals surface area contributed by atoms with E-state index < -0.39 is 91.6 Å². The van der Waals surface area contributed by atoms with E-state index in [1.807, 2.05) is 24.3 Å². The third-order valence-electron chi connectivity index (χ3n) is 11.1. The van der Waals surface area contributed by atoms with Gasteiger partial charge < -0.3 is 34.9 Å². The fourth-order valence-corrected chi connectivity index (χ4v) is 9.24. The lowest BCUT2D eigenvalue weighted by atomic mass is 10.0. The third kappa shape index (κ3) is 9.55. The Hall–Kier alpha value is -5.23. The van der Waals surface area contributed by atoms with Gasteiger partial charge in [-0.3, -0.25) is 14.5 Å². The topological polar surface area (TPSA) is 232 Å². The number of nitrogens with one attached hydrogen (secondary N) is 2. The second kappa shape index (κ2) is 16.9. The number of primary sulfonamides is 1. The van der Waals surface area contributed by atoms with Crippen molar-refractivity contribution in [1.82, 2.24) is 20.4 Å². The number of primary amides is 1. The molecule has 314 valence electrons. The summed E-state index contributed by atoms with van der Waals surface area (Å²) in [7, 11) is -3.28. The lowest BCUT2D eigenvalue weighted by molar-refractivity contribution is -0.416. The van der Waals surface area contributed by atoms with Crippen molar-refractivity contribution < 1.29 is 61.2 Å². The molecule has 6 rings (SSSR count). The van der Waals surface area contributed by atoms with Gasteiger partial charge in [-0.15, -0.1) is 0 Å². The molecule has 17 nitrogen and oxygen atoms in total. The number of hydrogen-bond acceptors (Lipinski definition) is 11. The minimum absolute atomic E-state index is 0.0681. The molecule has 5 amide bonds. The van der Waals surface area contributed by atoms with Crippen LogP contribution in [-0.2, 0) is 47.0 Å². The van der Waals surface area contributed by atoms with E-state index in [4.69, 9.17) is 14.2 Å². The summed E-state index contributed by atoms with van der Waals surface area (Å²) in [6.45, 7) is 5.56. The molecule has 4 aliphatic rings. The molecular weight excluding hydrogens is 775 g/mol. The number of amides is 5. The van der Waals surface area contributed by atoms with Gasteiger partial charge in [-0.25, -0.2) is 19.2 Å². The fraction of sp³-hybridized carbons (Fsp3) is 0.550. The highest BCUT2D eigenvalue weighted by atomic mass is 32.2. The highest BCUT2D eigenvalue weighted by Crippen LogP contribution is 2.47. The van der Waals surface area contributed by atoms with Crippen LogP contribution in [0.3, 0.4) is 0 Å². The van der Waals surface area contributed by atoms with E-state index >= 15 is 0 Å². The molecule has 58 heavy (non-hydrogen) atoms. The number of methoxy groups -OCH3 is 1. The number of quaternary nitrogens is 1. The summed E-state index contributed by atoms with van der Waals surface area (Å²) in [6, 6.07) is 8.49. The minimum Gasteiger partial charge on any atom is -0.496 e. The Morgan fingerprint density at radius 3 is 2.26 bits per heavy atom. The smallest absolute Gasteiger partial charge is 0.410 e. The SMILES string of the molecule is COc1ccc(S(=O)(=O)[NH2+]C(=O)C23CC2CCCCCCCC(NC(=O)OC(C)(C)C)C(=O)N2CC(OC(=O)N4Cc5ccccc5C4)CC2C(=O)N3)cc1C(=O)O. The Morgan fingerprint density at radius 1 is 0.966 bits per heavy atom. The van der Waals surface area contributed by atoms with E-state index in [9.17, 15) is 42.3 Å². The molecule has 0 aromatic heterocycles. The quantitative estimate of drug-likeness (QED) is 0.316. The van der Waals surface area contributed by atoms with Crippen LogP contribution >= 0.6 is 0 Å². The highest BCUT2D eigenvalue weighted by Gasteiger charge is 2.65. The van der Waals surface area contributed by atoms with E-state index in [-0.39, 0.29) is 31.6 Å². The van der Waals surface area contributed by atoms with Gasteiger partial charge in [0, 0.05) is 19.5 Å². The Balaban J connectivity index is 1.27. The summed E-state index contributed by atoms with van der Waals surface area (Å²) in [5.41, 5.74) is -0.928. The first-order chi connectivity index (χ1) is 27.4. The zero-order valence-corrected chi connectivity index (χ0v) is 34.0. The zero-order valence-electron chi connectivity index (χ0n) is 33.2. The summed E-state index contributed by atoms with van der Waals surface area (Å²) >= 11 is 0. The number of sulfonamides is 1. The van der Waals surface area contributed by atoms with Crippen molar-refractivity contribution in [2.24, 2.45) is 5.92 Å². The number of aromatic carboxylic acids is 1. The van der Waals surface area contributed by atoms with E-state index in [1.54, 1.807) is 20.8 Å². The molecule has 18 heteroatoms. The van der Waals surface area contributed by atoms with Crippen molar-refractivity contribution >= 4 is 45.9 Å². The maximum absolute atomic E-state index is 14.4. The predicted molar refractivity (Wildman–Crippen MR) is 205 cm³/mol. The highest BCUT2D eigenvalue weighted by molar-refractivity contribution is 7.85. The van der Waals surface area contributed by atoms with Crippen LogP contribution < -0.4 is 20.1 Å². The van der Waals surface area contributed by atoms with Gasteiger partial charge in [-0.1, -0.05) is 56.4 Å². The number of carbonyl (C=O) groups excluding carboxylic acids is 5. The Bertz CT molecular complexity index is 2040. The van der Waals surface area contributed by atoms with Crippen molar-refractivity contribution in [2.45, 2.75) is 126 Å². The molecule has 2 aromatic carbocycles. The van der Waals surface area contributed by atoms with Crippen molar-refractivity contribution in [3.05, 3.63) is 59.2 Å². The molecule has 1 aliphatic carbocycles. The van der Waals surface area contributed by atoms with Crippen molar-refractivity contribution in [2.75, 3.05) is 13.7 Å². The van der Waals surface area contributed by atoms with Gasteiger partial charge in [0.1, 0.15) is 40.0 Å². The lowest BCUT2D eigenvalue weighted by Gasteiger charge is -2.30. The van der Waals surface area contributed by atoms with Crippen molar-refractivity contribution in [3.8, 4) is 5.75 Å². The largest absolute Gasteiger partial charge is 0.496 e. The number of fused-ring (bicyclic) bond motifs is 3. The number of alkyl carbamates (subject to hydrolysis) is 1. The first kappa shape index (κ1) is 42.4. The molecule has 5 atom stereocenters. The minimum atomic E-state index is -4.52. The molecule has 2 saturated heterocycles. The molecule has 1 saturated carbocycles. The van der Waals surface area contributed by atoms with Crippen LogP contribution in [0.25, 0.3) is 0 Å². The van der Waals surface area contributed by atoms with E-state index in [2.05, 4.69) is 10.6 Å². The first-order valence-corrected chi connectivity index (χ1v) is 21.2. The van der Waals surface area contributed by atoms with E-state index in [0.717, 1.165) is 42.5 Å². The number of hydrogen-bond donors (Lipinski definition) is 4. The van der Waals surface area contributed by atoms with Crippen LogP contribution in [0.15, 0.2) is 47.4 Å². The number of carbonyl (C=O) groups is 6. The fourth-order valence-electron chi connectivity index (χ4n) is 8.07. The second-order valence-electron chi connectivity index (χ2n) is 16.5. The summed E-state index contributed by atoms with van der Waals surface area (Å²) in [4.78, 5) is 83.6. The monoisotopic (exact) mass is 826 g/mol. The number of rotatable bonds is 7. The first-order valence-electron chi connectivity index (χ1n) is 19.6. The average Bonchev–Trinajstić information content (AvgIpc) is 3.45. The predicted octanol–water partition coefficient (Wildman–Crippen LogP) is 2.81. The number of carboxylic acids is 1. The molecule has 3 aliphatic heterocycles. The number of nitrogens with two attached hydrogens (primary N) is 1. The van der Waals surface area contributed by atoms with Crippen molar-refractivity contribution in [3.63, 3.8) is 0 Å². The average molecular weight is 827 g/mol. The third-order valence-corrected chi connectivity index (χ3v) is 12.6. The van der Waals surface area contributed by atoms with Crippen LogP contribution in [0.4, 0.5) is 9.59 Å². The standard InChI is InChI=1S/C40H51N5O12S/c1-39(2,3)57-37(51)41-30-15-9-7-5-6-8-14-26-20-40(26,36(50)43-58(53,54)28-16-17-32(55-4)29(19-28)35(48)49)42-33(46)31-18-27(23-45(31)34(30)47)56-38(52)44-21-24-12-10-11-13-25(24)22-44/h10-13,16-17,19,26-27,30-31H,5-9,14-15,18,20-23H2,1-4H3,(H,41,51)(H,42,46)(H,43,50)(H,48,49)/p+1. The van der Waals surface area contributed by atoms with Gasteiger partial charge in [0.2, 0.25) is 11.8 Å². The molecule has 0 bridgehead atoms. The Morgan fingerprint density at radius 2 is 1.62 bits per heavy atom. The Kier molecular flexibility index (Phi) is 12.4. The van der Waals surface area contributed by atoms with Crippen LogP contribution in [-0.4, -0.2) is 102 Å². The van der Waals surface area contributed by atoms with Gasteiger partial charge >= 0.3 is 34.1 Å². The van der Waals surface area contributed by atoms with Crippen LogP contribution in [0.5, 0.6) is 5.75 Å². The maximum atomic E-state index is 14.4. The summed E-state index contributed by atoms with van der Waals surface area (Å²) in [5, 5.41) is 15.1. The molecule has 5 unspecified atom stereocenters. The van der Waals surface area contributed by atoms with Crippen molar-refractivity contribution in [1.29, 1.82) is 0 Å². The molecule has 5 N–H and O–H groups in total. The zero-order chi connectivity index (χ0) is 42.0. The molecule has 3 heterocycles. The number of nitrogens with zero attached hydrogens (tertiary/aromatic N) is 2. The number of carboxylic acid groups (broad SMARTS) is 1. The molecule has 0 radical (unpaired) electrons. The number of benzene rings is 2. The van der Waals surface area contributed by atoms with Gasteiger partial charge in [0.05, 0.1) is 13.7 Å². The summed E-state index contributed by atoms with van der Waals surface area (Å²) in [6.07, 6.45) is 2.01. The second-order valence-corrected chi connectivity index (χ2v) is 18.3. The summed E-state index contributed by atoms with van der Waals surface area (Å²) < 4.78 is 44.1. The van der Waals surface area contributed by atoms with Gasteiger partial charge in [0.15, 0.2) is 5.54 Å². The van der Waals surface area contributed by atoms with Crippen LogP contribution in [0.2, 0.25) is 0 Å². The molecular formula is C40H52N5O12S+. The molecule has 0 spiro atoms.